The number of carbonyl (C=O) groups excluding carboxylic acids is 1. The number of aromatic hydroxyl groups is 1. The summed E-state index contributed by atoms with van der Waals surface area (Å²) in [5.41, 5.74) is 0.913. The van der Waals surface area contributed by atoms with Crippen LogP contribution in [-0.2, 0) is 4.79 Å². The van der Waals surface area contributed by atoms with Gasteiger partial charge in [0.1, 0.15) is 12.0 Å². The summed E-state index contributed by atoms with van der Waals surface area (Å²) < 4.78 is 0. The van der Waals surface area contributed by atoms with Gasteiger partial charge in [-0.2, -0.15) is 0 Å². The molecule has 126 valence electrons. The molecule has 0 aromatic heterocycles. The van der Waals surface area contributed by atoms with E-state index in [0.29, 0.717) is 23.8 Å². The highest BCUT2D eigenvalue weighted by Crippen LogP contribution is 2.23. The zero-order chi connectivity index (χ0) is 16.8. The molecule has 0 bridgehead atoms. The Bertz CT molecular complexity index is 593. The molecule has 2 unspecified atom stereocenters. The minimum absolute atomic E-state index is 0.0396. The first-order valence-corrected chi connectivity index (χ1v) is 7.17. The minimum atomic E-state index is -1.11. The Labute approximate surface area is 133 Å². The van der Waals surface area contributed by atoms with E-state index in [9.17, 15) is 20.1 Å². The average Bonchev–Trinajstić information content (AvgIpc) is 2.53. The van der Waals surface area contributed by atoms with E-state index in [1.54, 1.807) is 6.07 Å². The number of β-amino-alcohol motifs (C(OH)–C–C–N with tert-alkyl or cyclic N) is 1. The van der Waals surface area contributed by atoms with Crippen LogP contribution in [0.25, 0.3) is 0 Å². The van der Waals surface area contributed by atoms with Crippen LogP contribution < -0.4 is 21.3 Å². The number of guanidine groups is 1. The highest BCUT2D eigenvalue weighted by atomic mass is 16.3. The van der Waals surface area contributed by atoms with Crippen LogP contribution in [0, 0.1) is 0 Å². The number of phenolic OH excluding ortho intramolecular Hbond substituents is 1. The van der Waals surface area contributed by atoms with E-state index >= 15 is 0 Å². The van der Waals surface area contributed by atoms with Crippen molar-refractivity contribution in [1.29, 1.82) is 0 Å². The molecule has 9 heteroatoms. The second-order valence-corrected chi connectivity index (χ2v) is 5.12. The molecule has 7 N–H and O–H groups in total. The normalized spacial score (nSPS) is 18.6. The number of carbonyl (C=O) groups is 1. The first kappa shape index (κ1) is 17.0. The van der Waals surface area contributed by atoms with Crippen molar-refractivity contribution < 1.29 is 20.1 Å². The van der Waals surface area contributed by atoms with Crippen LogP contribution in [-0.4, -0.2) is 60.0 Å². The summed E-state index contributed by atoms with van der Waals surface area (Å²) in [6.07, 6.45) is -1.63. The Hall–Kier alpha value is -2.36. The Morgan fingerprint density at radius 2 is 2.26 bits per heavy atom. The molecular weight excluding hydrogens is 302 g/mol. The summed E-state index contributed by atoms with van der Waals surface area (Å²) in [7, 11) is 1.50. The molecule has 1 aliphatic heterocycles. The number of phenols is 1. The Balaban J connectivity index is 2.04. The van der Waals surface area contributed by atoms with Crippen LogP contribution in [0.2, 0.25) is 0 Å². The van der Waals surface area contributed by atoms with Crippen LogP contribution in [0.15, 0.2) is 23.2 Å². The molecule has 0 fully saturated rings. The van der Waals surface area contributed by atoms with Gasteiger partial charge in [0.2, 0.25) is 5.91 Å². The predicted octanol–water partition coefficient (Wildman–Crippen LogP) is -1.55. The summed E-state index contributed by atoms with van der Waals surface area (Å²) in [5.74, 6) is 0.170. The molecule has 0 saturated carbocycles. The molecule has 23 heavy (non-hydrogen) atoms. The second kappa shape index (κ2) is 7.77. The van der Waals surface area contributed by atoms with Crippen LogP contribution in [0.3, 0.4) is 0 Å². The van der Waals surface area contributed by atoms with Crippen molar-refractivity contribution in [2.75, 3.05) is 32.0 Å². The number of nitrogens with one attached hydrogen (secondary N) is 4. The van der Waals surface area contributed by atoms with Crippen LogP contribution in [0.4, 0.5) is 5.69 Å². The third-order valence-electron chi connectivity index (χ3n) is 3.22. The van der Waals surface area contributed by atoms with Gasteiger partial charge in [-0.05, 0) is 12.1 Å². The van der Waals surface area contributed by atoms with Crippen molar-refractivity contribution in [2.45, 2.75) is 12.3 Å². The lowest BCUT2D eigenvalue weighted by molar-refractivity contribution is -0.120. The Kier molecular flexibility index (Phi) is 5.74. The van der Waals surface area contributed by atoms with Gasteiger partial charge in [-0.15, -0.1) is 0 Å². The maximum atomic E-state index is 11.2. The van der Waals surface area contributed by atoms with Gasteiger partial charge in [-0.1, -0.05) is 0 Å². The standard InChI is InChI=1S/C14H21N5O4/c1-15-12(22)7-16-13(23)8-2-9(4-10(20)3-8)19-14-17-5-11(21)6-18-14/h2-4,11,13,16,20-21,23H,5-7H2,1H3,(H,15,22)(H2,17,18,19). The minimum Gasteiger partial charge on any atom is -0.508 e. The molecule has 9 nitrogen and oxygen atoms in total. The van der Waals surface area contributed by atoms with Crippen LogP contribution in [0.5, 0.6) is 5.75 Å². The number of likely N-dealkylation sites (N-methyl/N-ethyl adjacent to an activating group) is 1. The Morgan fingerprint density at radius 3 is 2.91 bits per heavy atom. The van der Waals surface area contributed by atoms with Gasteiger partial charge in [0, 0.05) is 30.9 Å². The third-order valence-corrected chi connectivity index (χ3v) is 3.22. The second-order valence-electron chi connectivity index (χ2n) is 5.12. The van der Waals surface area contributed by atoms with E-state index in [1.807, 2.05) is 0 Å². The quantitative estimate of drug-likeness (QED) is 0.326. The van der Waals surface area contributed by atoms with Gasteiger partial charge in [-0.3, -0.25) is 15.1 Å². The lowest BCUT2D eigenvalue weighted by atomic mass is 10.1. The first-order chi connectivity index (χ1) is 11.0. The van der Waals surface area contributed by atoms with E-state index < -0.39 is 12.3 Å². The monoisotopic (exact) mass is 323 g/mol. The number of hydrogen-bond acceptors (Lipinski definition) is 8. The topological polar surface area (TPSA) is 138 Å². The van der Waals surface area contributed by atoms with Gasteiger partial charge >= 0.3 is 0 Å². The number of aliphatic hydroxyl groups excluding tert-OH is 2. The number of aliphatic hydroxyl groups is 2. The van der Waals surface area contributed by atoms with Crippen molar-refractivity contribution in [1.82, 2.24) is 16.0 Å². The maximum Gasteiger partial charge on any atom is 0.233 e. The highest BCUT2D eigenvalue weighted by molar-refractivity contribution is 5.94. The molecule has 0 radical (unpaired) electrons. The maximum absolute atomic E-state index is 11.2. The third kappa shape index (κ3) is 5.09. The van der Waals surface area contributed by atoms with E-state index in [4.69, 9.17) is 0 Å². The molecule has 1 amide bonds. The lowest BCUT2D eigenvalue weighted by Gasteiger charge is -2.20. The molecule has 0 saturated heterocycles. The zero-order valence-electron chi connectivity index (χ0n) is 12.7. The van der Waals surface area contributed by atoms with Gasteiger partial charge in [0.05, 0.1) is 19.2 Å². The Morgan fingerprint density at radius 1 is 1.48 bits per heavy atom. The van der Waals surface area contributed by atoms with Crippen molar-refractivity contribution >= 4 is 17.6 Å². The van der Waals surface area contributed by atoms with Gasteiger partial charge < -0.3 is 31.3 Å². The number of amides is 1. The number of rotatable bonds is 5. The SMILES string of the molecule is CNC(=O)CNC(O)c1cc(O)cc(NC2=NCC(O)CN2)c1. The number of nitrogens with zero attached hydrogens (tertiary/aromatic N) is 1. The lowest BCUT2D eigenvalue weighted by Crippen LogP contribution is -2.42. The number of benzene rings is 1. The fourth-order valence-electron chi connectivity index (χ4n) is 2.01. The van der Waals surface area contributed by atoms with E-state index in [1.165, 1.54) is 19.2 Å². The van der Waals surface area contributed by atoms with E-state index in [0.717, 1.165) is 0 Å². The largest absolute Gasteiger partial charge is 0.508 e. The number of anilines is 1. The van der Waals surface area contributed by atoms with Crippen molar-refractivity contribution in [3.05, 3.63) is 23.8 Å². The summed E-state index contributed by atoms with van der Waals surface area (Å²) in [6.45, 7) is 0.618. The first-order valence-electron chi connectivity index (χ1n) is 7.17. The summed E-state index contributed by atoms with van der Waals surface area (Å²) in [5, 5.41) is 40.1. The van der Waals surface area contributed by atoms with Crippen molar-refractivity contribution in [3.8, 4) is 5.75 Å². The van der Waals surface area contributed by atoms with Crippen LogP contribution >= 0.6 is 0 Å². The fraction of sp³-hybridized carbons (Fsp3) is 0.429. The molecule has 2 rings (SSSR count). The molecule has 1 aromatic rings. The summed E-state index contributed by atoms with van der Waals surface area (Å²) >= 11 is 0. The molecule has 2 atom stereocenters. The molecule has 0 spiro atoms. The summed E-state index contributed by atoms with van der Waals surface area (Å²) in [4.78, 5) is 15.3. The summed E-state index contributed by atoms with van der Waals surface area (Å²) in [6, 6.07) is 4.49. The highest BCUT2D eigenvalue weighted by Gasteiger charge is 2.14. The molecule has 1 aliphatic rings. The van der Waals surface area contributed by atoms with Crippen molar-refractivity contribution in [2.24, 2.45) is 4.99 Å². The smallest absolute Gasteiger partial charge is 0.233 e. The zero-order valence-corrected chi connectivity index (χ0v) is 12.7. The van der Waals surface area contributed by atoms with E-state index in [-0.39, 0.29) is 24.7 Å². The molecule has 0 aliphatic carbocycles. The number of aliphatic imine (C=N–C) groups is 1. The van der Waals surface area contributed by atoms with Gasteiger partial charge in [0.15, 0.2) is 5.96 Å². The van der Waals surface area contributed by atoms with E-state index in [2.05, 4.69) is 26.3 Å². The van der Waals surface area contributed by atoms with Crippen molar-refractivity contribution in [3.63, 3.8) is 0 Å². The predicted molar refractivity (Wildman–Crippen MR) is 85.1 cm³/mol. The average molecular weight is 323 g/mol. The van der Waals surface area contributed by atoms with Gasteiger partial charge in [-0.25, -0.2) is 0 Å². The molecule has 1 heterocycles. The fourth-order valence-corrected chi connectivity index (χ4v) is 2.01. The number of hydrogen-bond donors (Lipinski definition) is 7. The molecular formula is C14H21N5O4. The molecule has 1 aromatic carbocycles. The van der Waals surface area contributed by atoms with Gasteiger partial charge in [0.25, 0.3) is 0 Å². The van der Waals surface area contributed by atoms with Crippen LogP contribution in [0.1, 0.15) is 11.8 Å².